The van der Waals surface area contributed by atoms with Crippen LogP contribution in [0, 0.1) is 11.7 Å². The number of nitrogens with zero attached hydrogens (tertiary/aromatic N) is 4. The molecule has 0 radical (unpaired) electrons. The van der Waals surface area contributed by atoms with E-state index >= 15 is 0 Å². The second-order valence-corrected chi connectivity index (χ2v) is 9.40. The molecule has 6 nitrogen and oxygen atoms in total. The van der Waals surface area contributed by atoms with Crippen molar-refractivity contribution in [2.24, 2.45) is 5.92 Å². The molecule has 32 heavy (non-hydrogen) atoms. The van der Waals surface area contributed by atoms with E-state index in [2.05, 4.69) is 0 Å². The molecular formula is C25H31FN4O2. The van der Waals surface area contributed by atoms with Crippen LogP contribution in [0.5, 0.6) is 0 Å². The van der Waals surface area contributed by atoms with Gasteiger partial charge in [-0.1, -0.05) is 12.8 Å². The number of carbonyl (C=O) groups excluding carboxylic acids is 2. The van der Waals surface area contributed by atoms with Crippen molar-refractivity contribution in [3.8, 4) is 5.69 Å². The number of halogens is 1. The van der Waals surface area contributed by atoms with Crippen molar-refractivity contribution >= 4 is 11.8 Å². The summed E-state index contributed by atoms with van der Waals surface area (Å²) in [4.78, 5) is 29.8. The quantitative estimate of drug-likeness (QED) is 0.731. The fourth-order valence-corrected chi connectivity index (χ4v) is 5.47. The van der Waals surface area contributed by atoms with E-state index in [0.29, 0.717) is 44.2 Å². The van der Waals surface area contributed by atoms with Gasteiger partial charge in [-0.05, 0) is 68.7 Å². The SMILES string of the molecule is O=C(CC1CCCC1)N1CCN(C(=O)c2nn(-c3ccc(F)cc3)c3c2CCCC3)CC1. The summed E-state index contributed by atoms with van der Waals surface area (Å²) in [6.07, 6.45) is 9.32. The second-order valence-electron chi connectivity index (χ2n) is 9.40. The Morgan fingerprint density at radius 2 is 1.56 bits per heavy atom. The molecule has 1 saturated heterocycles. The Hall–Kier alpha value is -2.70. The van der Waals surface area contributed by atoms with E-state index in [1.807, 2.05) is 14.5 Å². The molecular weight excluding hydrogens is 407 g/mol. The van der Waals surface area contributed by atoms with E-state index in [4.69, 9.17) is 5.10 Å². The monoisotopic (exact) mass is 438 g/mol. The minimum atomic E-state index is -0.286. The molecule has 0 N–H and O–H groups in total. The van der Waals surface area contributed by atoms with Crippen LogP contribution in [0.1, 0.15) is 66.7 Å². The van der Waals surface area contributed by atoms with Gasteiger partial charge in [0.15, 0.2) is 5.69 Å². The lowest BCUT2D eigenvalue weighted by atomic mass is 9.95. The highest BCUT2D eigenvalue weighted by Gasteiger charge is 2.31. The first-order valence-electron chi connectivity index (χ1n) is 12.0. The zero-order valence-electron chi connectivity index (χ0n) is 18.6. The topological polar surface area (TPSA) is 58.4 Å². The van der Waals surface area contributed by atoms with E-state index in [0.717, 1.165) is 42.6 Å². The average molecular weight is 439 g/mol. The molecule has 2 fully saturated rings. The number of rotatable bonds is 4. The molecule has 1 aromatic heterocycles. The average Bonchev–Trinajstić information content (AvgIpc) is 3.47. The summed E-state index contributed by atoms with van der Waals surface area (Å²) in [6, 6.07) is 6.27. The van der Waals surface area contributed by atoms with Gasteiger partial charge in [0.05, 0.1) is 5.69 Å². The molecule has 1 saturated carbocycles. The van der Waals surface area contributed by atoms with Crippen LogP contribution in [-0.4, -0.2) is 57.6 Å². The van der Waals surface area contributed by atoms with Gasteiger partial charge in [0.1, 0.15) is 5.82 Å². The highest BCUT2D eigenvalue weighted by atomic mass is 19.1. The maximum atomic E-state index is 13.4. The van der Waals surface area contributed by atoms with Gasteiger partial charge in [0.25, 0.3) is 5.91 Å². The Morgan fingerprint density at radius 1 is 0.906 bits per heavy atom. The first kappa shape index (κ1) is 21.2. The molecule has 1 aromatic carbocycles. The maximum absolute atomic E-state index is 13.4. The van der Waals surface area contributed by atoms with Crippen molar-refractivity contribution in [2.45, 2.75) is 57.8 Å². The van der Waals surface area contributed by atoms with Crippen LogP contribution in [0.4, 0.5) is 4.39 Å². The lowest BCUT2D eigenvalue weighted by molar-refractivity contribution is -0.133. The Balaban J connectivity index is 1.29. The molecule has 2 heterocycles. The fraction of sp³-hybridized carbons (Fsp3) is 0.560. The highest BCUT2D eigenvalue weighted by Crippen LogP contribution is 2.29. The van der Waals surface area contributed by atoms with Crippen molar-refractivity contribution < 1.29 is 14.0 Å². The minimum absolute atomic E-state index is 0.0492. The molecule has 3 aliphatic rings. The van der Waals surface area contributed by atoms with Crippen LogP contribution in [0.2, 0.25) is 0 Å². The number of piperazine rings is 1. The van der Waals surface area contributed by atoms with Gasteiger partial charge in [0.2, 0.25) is 5.91 Å². The molecule has 5 rings (SSSR count). The molecule has 170 valence electrons. The number of fused-ring (bicyclic) bond motifs is 1. The van der Waals surface area contributed by atoms with Gasteiger partial charge >= 0.3 is 0 Å². The lowest BCUT2D eigenvalue weighted by Crippen LogP contribution is -2.51. The van der Waals surface area contributed by atoms with Gasteiger partial charge in [-0.2, -0.15) is 5.10 Å². The number of amides is 2. The predicted molar refractivity (Wildman–Crippen MR) is 119 cm³/mol. The van der Waals surface area contributed by atoms with Gasteiger partial charge in [-0.25, -0.2) is 9.07 Å². The zero-order chi connectivity index (χ0) is 22.1. The third kappa shape index (κ3) is 4.17. The van der Waals surface area contributed by atoms with Crippen molar-refractivity contribution in [2.75, 3.05) is 26.2 Å². The van der Waals surface area contributed by atoms with E-state index < -0.39 is 0 Å². The van der Waals surface area contributed by atoms with E-state index in [1.165, 1.54) is 37.8 Å². The Morgan fingerprint density at radius 3 is 2.28 bits per heavy atom. The fourth-order valence-electron chi connectivity index (χ4n) is 5.47. The van der Waals surface area contributed by atoms with Crippen LogP contribution in [0.15, 0.2) is 24.3 Å². The number of hydrogen-bond acceptors (Lipinski definition) is 3. The molecule has 0 atom stereocenters. The normalized spacial score (nSPS) is 19.3. The van der Waals surface area contributed by atoms with Crippen LogP contribution < -0.4 is 0 Å². The summed E-state index contributed by atoms with van der Waals surface area (Å²) in [6.45, 7) is 2.29. The number of carbonyl (C=O) groups is 2. The van der Waals surface area contributed by atoms with E-state index in [1.54, 1.807) is 12.1 Å². The van der Waals surface area contributed by atoms with Crippen LogP contribution >= 0.6 is 0 Å². The summed E-state index contributed by atoms with van der Waals surface area (Å²) in [7, 11) is 0. The van der Waals surface area contributed by atoms with E-state index in [9.17, 15) is 14.0 Å². The summed E-state index contributed by atoms with van der Waals surface area (Å²) < 4.78 is 15.2. The molecule has 2 aromatic rings. The summed E-state index contributed by atoms with van der Waals surface area (Å²) in [5.74, 6) is 0.449. The van der Waals surface area contributed by atoms with Crippen LogP contribution in [0.3, 0.4) is 0 Å². The van der Waals surface area contributed by atoms with Gasteiger partial charge in [-0.15, -0.1) is 0 Å². The number of hydrogen-bond donors (Lipinski definition) is 0. The largest absolute Gasteiger partial charge is 0.339 e. The molecule has 0 unspecified atom stereocenters. The van der Waals surface area contributed by atoms with Gasteiger partial charge < -0.3 is 9.80 Å². The standard InChI is InChI=1S/C25H31FN4O2/c26-19-9-11-20(12-10-19)30-22-8-4-3-7-21(22)24(27-30)25(32)29-15-13-28(14-16-29)23(31)17-18-5-1-2-6-18/h9-12,18H,1-8,13-17H2. The van der Waals surface area contributed by atoms with Crippen LogP contribution in [-0.2, 0) is 17.6 Å². The number of benzene rings is 1. The van der Waals surface area contributed by atoms with Crippen LogP contribution in [0.25, 0.3) is 5.69 Å². The second kappa shape index (κ2) is 9.04. The Labute approximate surface area is 188 Å². The lowest BCUT2D eigenvalue weighted by Gasteiger charge is -2.35. The maximum Gasteiger partial charge on any atom is 0.274 e. The van der Waals surface area contributed by atoms with Gasteiger partial charge in [-0.3, -0.25) is 9.59 Å². The molecule has 0 spiro atoms. The molecule has 2 aliphatic carbocycles. The van der Waals surface area contributed by atoms with Crippen molar-refractivity contribution in [3.63, 3.8) is 0 Å². The third-order valence-electron chi connectivity index (χ3n) is 7.31. The van der Waals surface area contributed by atoms with E-state index in [-0.39, 0.29) is 17.6 Å². The first-order chi connectivity index (χ1) is 15.6. The summed E-state index contributed by atoms with van der Waals surface area (Å²) in [5.41, 5.74) is 3.41. The highest BCUT2D eigenvalue weighted by molar-refractivity contribution is 5.94. The third-order valence-corrected chi connectivity index (χ3v) is 7.31. The Kier molecular flexibility index (Phi) is 5.98. The Bertz CT molecular complexity index is 986. The summed E-state index contributed by atoms with van der Waals surface area (Å²) >= 11 is 0. The predicted octanol–water partition coefficient (Wildman–Crippen LogP) is 3.75. The zero-order valence-corrected chi connectivity index (χ0v) is 18.6. The van der Waals surface area contributed by atoms with Crippen molar-refractivity contribution in [3.05, 3.63) is 47.0 Å². The van der Waals surface area contributed by atoms with Gasteiger partial charge in [0, 0.05) is 43.9 Å². The minimum Gasteiger partial charge on any atom is -0.339 e. The number of aromatic nitrogens is 2. The molecule has 2 amide bonds. The molecule has 0 bridgehead atoms. The molecule has 1 aliphatic heterocycles. The van der Waals surface area contributed by atoms with Crippen molar-refractivity contribution in [1.82, 2.24) is 19.6 Å². The summed E-state index contributed by atoms with van der Waals surface area (Å²) in [5, 5.41) is 4.71. The molecule has 7 heteroatoms. The smallest absolute Gasteiger partial charge is 0.274 e. The first-order valence-corrected chi connectivity index (χ1v) is 12.0. The van der Waals surface area contributed by atoms with Crippen molar-refractivity contribution in [1.29, 1.82) is 0 Å².